The van der Waals surface area contributed by atoms with Crippen LogP contribution in [0.4, 0.5) is 0 Å². The standard InChI is InChI=1S/C17H20.C2H6/c1-11-4-5-12-13-9-15(13)17(6-7-17)10-16(2,3)14(12)8-11;1-2/h4-5,8-9,13H,6-7,10H2,1-3H3;1-2H3. The Balaban J connectivity index is 0.000000528. The average Bonchev–Trinajstić information content (AvgIpc) is 3.24. The van der Waals surface area contributed by atoms with Crippen molar-refractivity contribution in [2.24, 2.45) is 5.41 Å². The second-order valence-corrected chi connectivity index (χ2v) is 7.03. The Hall–Kier alpha value is -1.04. The summed E-state index contributed by atoms with van der Waals surface area (Å²) in [5, 5.41) is 0. The number of allylic oxidation sites excluding steroid dienone is 2. The third-order valence-corrected chi connectivity index (χ3v) is 5.09. The molecule has 1 spiro atoms. The van der Waals surface area contributed by atoms with Crippen molar-refractivity contribution in [1.29, 1.82) is 0 Å². The molecule has 4 rings (SSSR count). The minimum absolute atomic E-state index is 0.353. The van der Waals surface area contributed by atoms with Crippen LogP contribution >= 0.6 is 0 Å². The molecule has 19 heavy (non-hydrogen) atoms. The van der Waals surface area contributed by atoms with Gasteiger partial charge in [-0.1, -0.05) is 63.1 Å². The van der Waals surface area contributed by atoms with Gasteiger partial charge in [-0.15, -0.1) is 0 Å². The lowest BCUT2D eigenvalue weighted by atomic mass is 9.75. The fourth-order valence-corrected chi connectivity index (χ4v) is 4.08. The van der Waals surface area contributed by atoms with Crippen molar-refractivity contribution in [2.45, 2.75) is 65.2 Å². The lowest BCUT2D eigenvalue weighted by Gasteiger charge is -2.29. The maximum absolute atomic E-state index is 2.52. The molecule has 0 amide bonds. The molecule has 1 fully saturated rings. The van der Waals surface area contributed by atoms with Crippen LogP contribution in [0, 0.1) is 12.3 Å². The number of benzene rings is 1. The van der Waals surface area contributed by atoms with Gasteiger partial charge >= 0.3 is 0 Å². The molecule has 0 aliphatic heterocycles. The van der Waals surface area contributed by atoms with Gasteiger partial charge in [-0.25, -0.2) is 0 Å². The fraction of sp³-hybridized carbons (Fsp3) is 0.579. The highest BCUT2D eigenvalue weighted by atomic mass is 14.6. The van der Waals surface area contributed by atoms with Gasteiger partial charge in [-0.05, 0) is 48.1 Å². The highest BCUT2D eigenvalue weighted by Gasteiger charge is 2.57. The van der Waals surface area contributed by atoms with Crippen LogP contribution < -0.4 is 0 Å². The van der Waals surface area contributed by atoms with E-state index >= 15 is 0 Å². The molecule has 0 nitrogen and oxygen atoms in total. The zero-order valence-electron chi connectivity index (χ0n) is 13.0. The monoisotopic (exact) mass is 254 g/mol. The van der Waals surface area contributed by atoms with Crippen LogP contribution in [0.15, 0.2) is 29.8 Å². The summed E-state index contributed by atoms with van der Waals surface area (Å²) in [5.74, 6) is 0.704. The zero-order chi connectivity index (χ0) is 13.8. The van der Waals surface area contributed by atoms with Crippen LogP contribution in [0.3, 0.4) is 0 Å². The molecule has 0 aromatic heterocycles. The van der Waals surface area contributed by atoms with Crippen molar-refractivity contribution >= 4 is 0 Å². The molecule has 3 aliphatic rings. The lowest BCUT2D eigenvalue weighted by molar-refractivity contribution is 0.391. The number of rotatable bonds is 0. The summed E-state index contributed by atoms with van der Waals surface area (Å²) in [6.07, 6.45) is 6.76. The molecule has 102 valence electrons. The second kappa shape index (κ2) is 3.98. The van der Waals surface area contributed by atoms with Crippen molar-refractivity contribution < 1.29 is 0 Å². The number of hydrogen-bond acceptors (Lipinski definition) is 0. The van der Waals surface area contributed by atoms with Crippen LogP contribution in [-0.4, -0.2) is 0 Å². The summed E-state index contributed by atoms with van der Waals surface area (Å²) >= 11 is 0. The lowest BCUT2D eigenvalue weighted by Crippen LogP contribution is -2.22. The van der Waals surface area contributed by atoms with E-state index in [9.17, 15) is 0 Å². The van der Waals surface area contributed by atoms with Crippen LogP contribution in [0.1, 0.15) is 69.6 Å². The van der Waals surface area contributed by atoms with Gasteiger partial charge in [0.1, 0.15) is 0 Å². The van der Waals surface area contributed by atoms with E-state index in [-0.39, 0.29) is 0 Å². The molecule has 1 unspecified atom stereocenters. The van der Waals surface area contributed by atoms with Gasteiger partial charge < -0.3 is 0 Å². The Bertz CT molecular complexity index is 541. The van der Waals surface area contributed by atoms with E-state index < -0.39 is 0 Å². The van der Waals surface area contributed by atoms with E-state index in [1.165, 1.54) is 24.8 Å². The van der Waals surface area contributed by atoms with Gasteiger partial charge in [0.2, 0.25) is 0 Å². The van der Waals surface area contributed by atoms with E-state index in [4.69, 9.17) is 0 Å². The second-order valence-electron chi connectivity index (χ2n) is 7.03. The van der Waals surface area contributed by atoms with E-state index in [2.05, 4.69) is 45.0 Å². The first-order chi connectivity index (χ1) is 9.02. The van der Waals surface area contributed by atoms with Crippen LogP contribution in [0.25, 0.3) is 0 Å². The number of fused-ring (bicyclic) bond motifs is 4. The van der Waals surface area contributed by atoms with Gasteiger partial charge in [0.15, 0.2) is 0 Å². The molecular formula is C19H26. The smallest absolute Gasteiger partial charge is 0.0240 e. The topological polar surface area (TPSA) is 0 Å². The van der Waals surface area contributed by atoms with E-state index in [1.54, 1.807) is 16.7 Å². The predicted octanol–water partition coefficient (Wildman–Crippen LogP) is 5.51. The first kappa shape index (κ1) is 13.0. The largest absolute Gasteiger partial charge is 0.0722 e. The molecular weight excluding hydrogens is 228 g/mol. The Morgan fingerprint density at radius 1 is 1.11 bits per heavy atom. The van der Waals surface area contributed by atoms with Gasteiger partial charge in [-0.3, -0.25) is 0 Å². The summed E-state index contributed by atoms with van der Waals surface area (Å²) in [7, 11) is 0. The fourth-order valence-electron chi connectivity index (χ4n) is 4.08. The molecule has 0 bridgehead atoms. The van der Waals surface area contributed by atoms with Gasteiger partial charge in [-0.2, -0.15) is 0 Å². The highest BCUT2D eigenvalue weighted by Crippen LogP contribution is 2.69. The Labute approximate surface area is 117 Å². The maximum Gasteiger partial charge on any atom is 0.0240 e. The van der Waals surface area contributed by atoms with Crippen molar-refractivity contribution in [3.05, 3.63) is 46.5 Å². The minimum Gasteiger partial charge on any atom is -0.0722 e. The normalized spacial score (nSPS) is 27.2. The quantitative estimate of drug-likeness (QED) is 0.536. The number of hydrogen-bond donors (Lipinski definition) is 0. The molecule has 0 N–H and O–H groups in total. The summed E-state index contributed by atoms with van der Waals surface area (Å²) in [6.45, 7) is 11.1. The van der Waals surface area contributed by atoms with Gasteiger partial charge in [0.05, 0.1) is 0 Å². The molecule has 1 aromatic carbocycles. The SMILES string of the molecule is CC.Cc1ccc2c(c1)C(C)(C)CC1(CC1)C1=CC12. The summed E-state index contributed by atoms with van der Waals surface area (Å²) in [6, 6.07) is 7.09. The Morgan fingerprint density at radius 3 is 2.42 bits per heavy atom. The molecule has 0 saturated heterocycles. The zero-order valence-corrected chi connectivity index (χ0v) is 13.0. The van der Waals surface area contributed by atoms with E-state index in [0.717, 1.165) is 0 Å². The summed E-state index contributed by atoms with van der Waals surface area (Å²) < 4.78 is 0. The molecule has 0 radical (unpaired) electrons. The van der Waals surface area contributed by atoms with Crippen molar-refractivity contribution in [1.82, 2.24) is 0 Å². The highest BCUT2D eigenvalue weighted by molar-refractivity contribution is 5.58. The third-order valence-electron chi connectivity index (χ3n) is 5.09. The minimum atomic E-state index is 0.353. The summed E-state index contributed by atoms with van der Waals surface area (Å²) in [5.41, 5.74) is 7.35. The molecule has 3 aliphatic carbocycles. The van der Waals surface area contributed by atoms with Gasteiger partial charge in [0.25, 0.3) is 0 Å². The van der Waals surface area contributed by atoms with Crippen molar-refractivity contribution in [2.75, 3.05) is 0 Å². The maximum atomic E-state index is 2.52. The summed E-state index contributed by atoms with van der Waals surface area (Å²) in [4.78, 5) is 0. The average molecular weight is 254 g/mol. The predicted molar refractivity (Wildman–Crippen MR) is 82.7 cm³/mol. The van der Waals surface area contributed by atoms with E-state index in [0.29, 0.717) is 16.7 Å². The van der Waals surface area contributed by atoms with E-state index in [1.807, 2.05) is 13.8 Å². The molecule has 0 heteroatoms. The number of aryl methyl sites for hydroxylation is 1. The molecule has 1 saturated carbocycles. The molecule has 0 heterocycles. The van der Waals surface area contributed by atoms with Crippen LogP contribution in [0.2, 0.25) is 0 Å². The molecule has 1 aromatic rings. The first-order valence-corrected chi connectivity index (χ1v) is 7.85. The van der Waals surface area contributed by atoms with Crippen LogP contribution in [0.5, 0.6) is 0 Å². The first-order valence-electron chi connectivity index (χ1n) is 7.85. The molecule has 1 atom stereocenters. The van der Waals surface area contributed by atoms with Crippen LogP contribution in [-0.2, 0) is 5.41 Å². The van der Waals surface area contributed by atoms with Gasteiger partial charge in [0, 0.05) is 5.92 Å². The third kappa shape index (κ3) is 1.88. The Morgan fingerprint density at radius 2 is 1.79 bits per heavy atom. The van der Waals surface area contributed by atoms with Crippen molar-refractivity contribution in [3.8, 4) is 0 Å². The Kier molecular flexibility index (Phi) is 2.71. The van der Waals surface area contributed by atoms with Crippen molar-refractivity contribution in [3.63, 3.8) is 0 Å².